The van der Waals surface area contributed by atoms with E-state index in [2.05, 4.69) is 25.5 Å². The van der Waals surface area contributed by atoms with Gasteiger partial charge in [-0.3, -0.25) is 10.1 Å². The molecule has 0 aliphatic heterocycles. The molecule has 2 rings (SSSR count). The molecule has 0 aromatic carbocycles. The first-order valence-corrected chi connectivity index (χ1v) is 7.31. The van der Waals surface area contributed by atoms with Crippen LogP contribution in [0.4, 0.5) is 16.8 Å². The Morgan fingerprint density at radius 2 is 2.00 bits per heavy atom. The van der Waals surface area contributed by atoms with Crippen molar-refractivity contribution in [3.05, 3.63) is 11.1 Å². The van der Waals surface area contributed by atoms with E-state index >= 15 is 0 Å². The third-order valence-electron chi connectivity index (χ3n) is 2.15. The smallest absolute Gasteiger partial charge is 0.239 e. The highest BCUT2D eigenvalue weighted by Gasteiger charge is 2.18. The summed E-state index contributed by atoms with van der Waals surface area (Å²) in [6.07, 6.45) is 0. The highest BCUT2D eigenvalue weighted by atomic mass is 32.2. The standard InChI is InChI=1S/C10H13N7OS2/c1-4(8(18)15-10-17-16-5(2)20-10)19-9-13-6(11)3-7(12)14-9/h3-4H,1-2H3,(H,15,17,18)(H4,11,12,13,14). The molecule has 10 heteroatoms. The summed E-state index contributed by atoms with van der Waals surface area (Å²) in [5.74, 6) is 0.329. The third-order valence-corrected chi connectivity index (χ3v) is 3.87. The van der Waals surface area contributed by atoms with Crippen molar-refractivity contribution in [2.24, 2.45) is 0 Å². The molecule has 8 nitrogen and oxygen atoms in total. The number of nitrogens with one attached hydrogen (secondary N) is 1. The number of nitrogen functional groups attached to an aromatic ring is 2. The Hall–Kier alpha value is -1.94. The quantitative estimate of drug-likeness (QED) is 0.561. The SMILES string of the molecule is Cc1nnc(NC(=O)C(C)Sc2nc(N)cc(N)n2)s1. The van der Waals surface area contributed by atoms with Crippen LogP contribution in [0.1, 0.15) is 11.9 Å². The minimum absolute atomic E-state index is 0.212. The largest absolute Gasteiger partial charge is 0.383 e. The summed E-state index contributed by atoms with van der Waals surface area (Å²) in [7, 11) is 0. The summed E-state index contributed by atoms with van der Waals surface area (Å²) in [4.78, 5) is 20.0. The fourth-order valence-electron chi connectivity index (χ4n) is 1.28. The van der Waals surface area contributed by atoms with Gasteiger partial charge in [0.1, 0.15) is 16.6 Å². The van der Waals surface area contributed by atoms with Crippen molar-refractivity contribution in [2.45, 2.75) is 24.3 Å². The van der Waals surface area contributed by atoms with E-state index in [-0.39, 0.29) is 17.5 Å². The van der Waals surface area contributed by atoms with Crippen molar-refractivity contribution in [3.63, 3.8) is 0 Å². The molecule has 1 amide bonds. The second-order valence-electron chi connectivity index (χ2n) is 3.88. The maximum absolute atomic E-state index is 12.0. The summed E-state index contributed by atoms with van der Waals surface area (Å²) in [6.45, 7) is 3.55. The monoisotopic (exact) mass is 311 g/mol. The molecule has 0 aliphatic rings. The number of carbonyl (C=O) groups excluding carboxylic acids is 1. The molecule has 106 valence electrons. The summed E-state index contributed by atoms with van der Waals surface area (Å²) in [5.41, 5.74) is 11.2. The highest BCUT2D eigenvalue weighted by Crippen LogP contribution is 2.23. The molecule has 5 N–H and O–H groups in total. The molecular weight excluding hydrogens is 298 g/mol. The second-order valence-corrected chi connectivity index (χ2v) is 6.37. The lowest BCUT2D eigenvalue weighted by molar-refractivity contribution is -0.115. The van der Waals surface area contributed by atoms with Crippen LogP contribution in [0, 0.1) is 6.92 Å². The fraction of sp³-hybridized carbons (Fsp3) is 0.300. The van der Waals surface area contributed by atoms with Crippen molar-refractivity contribution >= 4 is 45.8 Å². The first-order valence-electron chi connectivity index (χ1n) is 5.61. The van der Waals surface area contributed by atoms with Crippen LogP contribution in [0.5, 0.6) is 0 Å². The number of hydrogen-bond donors (Lipinski definition) is 3. The maximum Gasteiger partial charge on any atom is 0.239 e. The molecular formula is C10H13N7OS2. The predicted octanol–water partition coefficient (Wildman–Crippen LogP) is 0.920. The number of thioether (sulfide) groups is 1. The summed E-state index contributed by atoms with van der Waals surface area (Å²) >= 11 is 2.48. The van der Waals surface area contributed by atoms with Gasteiger partial charge in [0, 0.05) is 6.07 Å². The lowest BCUT2D eigenvalue weighted by Crippen LogP contribution is -2.22. The Morgan fingerprint density at radius 1 is 1.35 bits per heavy atom. The molecule has 0 fully saturated rings. The van der Waals surface area contributed by atoms with Crippen LogP contribution in [0.2, 0.25) is 0 Å². The number of anilines is 3. The number of aryl methyl sites for hydroxylation is 1. The van der Waals surface area contributed by atoms with Gasteiger partial charge in [-0.05, 0) is 13.8 Å². The van der Waals surface area contributed by atoms with E-state index in [0.29, 0.717) is 10.3 Å². The molecule has 0 aliphatic carbocycles. The van der Waals surface area contributed by atoms with Crippen molar-refractivity contribution in [3.8, 4) is 0 Å². The van der Waals surface area contributed by atoms with E-state index in [9.17, 15) is 4.79 Å². The van der Waals surface area contributed by atoms with Gasteiger partial charge in [0.25, 0.3) is 0 Å². The molecule has 0 saturated heterocycles. The van der Waals surface area contributed by atoms with Crippen molar-refractivity contribution in [1.29, 1.82) is 0 Å². The van der Waals surface area contributed by atoms with Gasteiger partial charge in [0.15, 0.2) is 5.16 Å². The van der Waals surface area contributed by atoms with Gasteiger partial charge in [-0.1, -0.05) is 23.1 Å². The first-order chi connectivity index (χ1) is 9.44. The van der Waals surface area contributed by atoms with E-state index in [0.717, 1.165) is 5.01 Å². The molecule has 0 saturated carbocycles. The summed E-state index contributed by atoms with van der Waals surface area (Å²) in [5, 5.41) is 11.5. The zero-order valence-electron chi connectivity index (χ0n) is 10.8. The molecule has 1 unspecified atom stereocenters. The van der Waals surface area contributed by atoms with E-state index in [1.807, 2.05) is 6.92 Å². The number of nitrogens with zero attached hydrogens (tertiary/aromatic N) is 4. The predicted molar refractivity (Wildman–Crippen MR) is 79.5 cm³/mol. The highest BCUT2D eigenvalue weighted by molar-refractivity contribution is 8.00. The van der Waals surface area contributed by atoms with Crippen LogP contribution in [0.3, 0.4) is 0 Å². The molecule has 0 spiro atoms. The van der Waals surface area contributed by atoms with Crippen LogP contribution >= 0.6 is 23.1 Å². The number of aromatic nitrogens is 4. The Labute approximate surface area is 123 Å². The topological polar surface area (TPSA) is 133 Å². The van der Waals surface area contributed by atoms with Crippen LogP contribution < -0.4 is 16.8 Å². The Kier molecular flexibility index (Phi) is 4.35. The lowest BCUT2D eigenvalue weighted by Gasteiger charge is -2.09. The third kappa shape index (κ3) is 3.78. The molecule has 1 atom stereocenters. The van der Waals surface area contributed by atoms with E-state index in [1.54, 1.807) is 6.92 Å². The normalized spacial score (nSPS) is 12.1. The van der Waals surface area contributed by atoms with Crippen molar-refractivity contribution < 1.29 is 4.79 Å². The van der Waals surface area contributed by atoms with Crippen LogP contribution in [-0.4, -0.2) is 31.3 Å². The van der Waals surface area contributed by atoms with Gasteiger partial charge >= 0.3 is 0 Å². The van der Waals surface area contributed by atoms with Gasteiger partial charge in [-0.15, -0.1) is 10.2 Å². The zero-order chi connectivity index (χ0) is 14.7. The fourth-order valence-corrected chi connectivity index (χ4v) is 2.67. The minimum atomic E-state index is -0.416. The average molecular weight is 311 g/mol. The van der Waals surface area contributed by atoms with Gasteiger partial charge in [-0.25, -0.2) is 9.97 Å². The van der Waals surface area contributed by atoms with Gasteiger partial charge in [-0.2, -0.15) is 0 Å². The summed E-state index contributed by atoms with van der Waals surface area (Å²) < 4.78 is 0. The minimum Gasteiger partial charge on any atom is -0.383 e. The lowest BCUT2D eigenvalue weighted by atomic mass is 10.4. The van der Waals surface area contributed by atoms with Crippen LogP contribution in [0.15, 0.2) is 11.2 Å². The van der Waals surface area contributed by atoms with Crippen molar-refractivity contribution in [2.75, 3.05) is 16.8 Å². The van der Waals surface area contributed by atoms with Crippen LogP contribution in [0.25, 0.3) is 0 Å². The molecule has 2 heterocycles. The zero-order valence-corrected chi connectivity index (χ0v) is 12.5. The van der Waals surface area contributed by atoms with E-state index < -0.39 is 5.25 Å². The molecule has 2 aromatic heterocycles. The van der Waals surface area contributed by atoms with E-state index in [4.69, 9.17) is 11.5 Å². The van der Waals surface area contributed by atoms with Gasteiger partial charge < -0.3 is 11.5 Å². The maximum atomic E-state index is 12.0. The van der Waals surface area contributed by atoms with Crippen molar-refractivity contribution in [1.82, 2.24) is 20.2 Å². The molecule has 0 bridgehead atoms. The van der Waals surface area contributed by atoms with Gasteiger partial charge in [0.05, 0.1) is 5.25 Å². The Morgan fingerprint density at radius 3 is 2.55 bits per heavy atom. The number of carbonyl (C=O) groups is 1. The van der Waals surface area contributed by atoms with E-state index in [1.165, 1.54) is 29.2 Å². The molecule has 0 radical (unpaired) electrons. The number of hydrogen-bond acceptors (Lipinski definition) is 9. The Bertz CT molecular complexity index is 610. The number of rotatable bonds is 4. The first kappa shape index (κ1) is 14.5. The Balaban J connectivity index is 2.00. The molecule has 2 aromatic rings. The molecule has 20 heavy (non-hydrogen) atoms. The van der Waals surface area contributed by atoms with Gasteiger partial charge in [0.2, 0.25) is 11.0 Å². The second kappa shape index (κ2) is 6.01. The number of nitrogens with two attached hydrogens (primary N) is 2. The number of amides is 1. The van der Waals surface area contributed by atoms with Crippen LogP contribution in [-0.2, 0) is 4.79 Å². The summed E-state index contributed by atoms with van der Waals surface area (Å²) in [6, 6.07) is 1.46. The average Bonchev–Trinajstić information content (AvgIpc) is 2.73.